The molecule has 0 radical (unpaired) electrons. The Balaban J connectivity index is 1.56. The second-order valence-corrected chi connectivity index (χ2v) is 6.37. The fraction of sp³-hybridized carbons (Fsp3) is 0.333. The van der Waals surface area contributed by atoms with Crippen LogP contribution < -0.4 is 15.0 Å². The number of benzene rings is 2. The number of methoxy groups -OCH3 is 1. The highest BCUT2D eigenvalue weighted by atomic mass is 16.5. The third-order valence-electron chi connectivity index (χ3n) is 4.65. The van der Waals surface area contributed by atoms with Crippen LogP contribution in [0.1, 0.15) is 17.3 Å². The van der Waals surface area contributed by atoms with Gasteiger partial charge in [-0.1, -0.05) is 12.1 Å². The molecule has 2 amide bonds. The number of nitrogens with zero attached hydrogens (tertiary/aromatic N) is 2. The van der Waals surface area contributed by atoms with E-state index < -0.39 is 0 Å². The van der Waals surface area contributed by atoms with E-state index in [1.807, 2.05) is 43.3 Å². The highest BCUT2D eigenvalue weighted by molar-refractivity contribution is 5.91. The average Bonchev–Trinajstić information content (AvgIpc) is 2.75. The van der Waals surface area contributed by atoms with Crippen LogP contribution in [0.15, 0.2) is 48.5 Å². The van der Waals surface area contributed by atoms with Crippen LogP contribution in [-0.4, -0.2) is 56.8 Å². The Morgan fingerprint density at radius 2 is 1.68 bits per heavy atom. The topological polar surface area (TPSA) is 71.1 Å². The number of rotatable bonds is 5. The molecule has 1 N–H and O–H groups in total. The van der Waals surface area contributed by atoms with Gasteiger partial charge in [0, 0.05) is 31.9 Å². The third kappa shape index (κ3) is 4.54. The van der Waals surface area contributed by atoms with Gasteiger partial charge in [0.05, 0.1) is 25.0 Å². The van der Waals surface area contributed by atoms with Crippen molar-refractivity contribution in [3.05, 3.63) is 54.1 Å². The molecule has 1 fully saturated rings. The second-order valence-electron chi connectivity index (χ2n) is 6.37. The van der Waals surface area contributed by atoms with Crippen LogP contribution in [0.5, 0.6) is 5.75 Å². The van der Waals surface area contributed by atoms with Gasteiger partial charge in [-0.05, 0) is 43.3 Å². The van der Waals surface area contributed by atoms with Gasteiger partial charge >= 0.3 is 12.0 Å². The van der Waals surface area contributed by atoms with Gasteiger partial charge in [0.15, 0.2) is 0 Å². The lowest BCUT2D eigenvalue weighted by molar-refractivity contribution is 0.0600. The molecule has 1 aliphatic rings. The van der Waals surface area contributed by atoms with Crippen molar-refractivity contribution in [1.82, 2.24) is 4.90 Å². The van der Waals surface area contributed by atoms with Crippen LogP contribution in [-0.2, 0) is 4.74 Å². The van der Waals surface area contributed by atoms with Gasteiger partial charge < -0.3 is 24.6 Å². The van der Waals surface area contributed by atoms with Crippen LogP contribution in [0.4, 0.5) is 16.2 Å². The maximum absolute atomic E-state index is 12.6. The van der Waals surface area contributed by atoms with Crippen LogP contribution in [0.25, 0.3) is 0 Å². The number of carbonyl (C=O) groups is 2. The van der Waals surface area contributed by atoms with Gasteiger partial charge in [-0.2, -0.15) is 0 Å². The monoisotopic (exact) mass is 383 g/mol. The molecule has 0 unspecified atom stereocenters. The van der Waals surface area contributed by atoms with E-state index in [0.29, 0.717) is 36.7 Å². The molecule has 1 saturated heterocycles. The van der Waals surface area contributed by atoms with Gasteiger partial charge in [0.2, 0.25) is 0 Å². The summed E-state index contributed by atoms with van der Waals surface area (Å²) in [6.45, 7) is 5.12. The summed E-state index contributed by atoms with van der Waals surface area (Å²) in [5.74, 6) is 0.322. The highest BCUT2D eigenvalue weighted by Gasteiger charge is 2.22. The van der Waals surface area contributed by atoms with E-state index in [2.05, 4.69) is 10.2 Å². The van der Waals surface area contributed by atoms with Crippen LogP contribution in [0, 0.1) is 0 Å². The summed E-state index contributed by atoms with van der Waals surface area (Å²) in [5.41, 5.74) is 2.22. The average molecular weight is 383 g/mol. The molecule has 28 heavy (non-hydrogen) atoms. The minimum atomic E-state index is -0.347. The number of ether oxygens (including phenoxy) is 2. The molecule has 148 valence electrons. The molecule has 0 aromatic heterocycles. The molecular weight excluding hydrogens is 358 g/mol. The molecule has 0 atom stereocenters. The van der Waals surface area contributed by atoms with Crippen molar-refractivity contribution in [3.8, 4) is 5.75 Å². The Hall–Kier alpha value is -3.22. The number of hydrogen-bond donors (Lipinski definition) is 1. The predicted octanol–water partition coefficient (Wildman–Crippen LogP) is 3.23. The number of piperazine rings is 1. The number of hydrogen-bond acceptors (Lipinski definition) is 5. The summed E-state index contributed by atoms with van der Waals surface area (Å²) < 4.78 is 10.3. The maximum Gasteiger partial charge on any atom is 0.337 e. The number of para-hydroxylation sites is 2. The lowest BCUT2D eigenvalue weighted by Crippen LogP contribution is -2.50. The second kappa shape index (κ2) is 9.12. The SMILES string of the molecule is CCOc1ccccc1NC(=O)N1CCN(c2ccc(C(=O)OC)cc2)CC1. The minimum Gasteiger partial charge on any atom is -0.492 e. The number of esters is 1. The molecule has 1 heterocycles. The molecule has 7 nitrogen and oxygen atoms in total. The number of nitrogens with one attached hydrogen (secondary N) is 1. The number of urea groups is 1. The molecule has 0 saturated carbocycles. The molecule has 0 aliphatic carbocycles. The molecule has 1 aliphatic heterocycles. The minimum absolute atomic E-state index is 0.132. The summed E-state index contributed by atoms with van der Waals surface area (Å²) in [6, 6.07) is 14.6. The number of anilines is 2. The molecule has 7 heteroatoms. The first-order chi connectivity index (χ1) is 13.6. The zero-order valence-corrected chi connectivity index (χ0v) is 16.2. The van der Waals surface area contributed by atoms with Crippen molar-refractivity contribution in [3.63, 3.8) is 0 Å². The van der Waals surface area contributed by atoms with Crippen molar-refractivity contribution in [2.24, 2.45) is 0 Å². The highest BCUT2D eigenvalue weighted by Crippen LogP contribution is 2.24. The fourth-order valence-electron chi connectivity index (χ4n) is 3.14. The number of carbonyl (C=O) groups excluding carboxylic acids is 2. The van der Waals surface area contributed by atoms with E-state index in [1.54, 1.807) is 17.0 Å². The fourth-order valence-corrected chi connectivity index (χ4v) is 3.14. The van der Waals surface area contributed by atoms with Crippen molar-refractivity contribution in [2.45, 2.75) is 6.92 Å². The van der Waals surface area contributed by atoms with Crippen LogP contribution >= 0.6 is 0 Å². The molecule has 3 rings (SSSR count). The zero-order chi connectivity index (χ0) is 19.9. The lowest BCUT2D eigenvalue weighted by Gasteiger charge is -2.36. The quantitative estimate of drug-likeness (QED) is 0.803. The van der Waals surface area contributed by atoms with Crippen molar-refractivity contribution < 1.29 is 19.1 Å². The van der Waals surface area contributed by atoms with Crippen LogP contribution in [0.2, 0.25) is 0 Å². The predicted molar refractivity (Wildman–Crippen MR) is 108 cm³/mol. The lowest BCUT2D eigenvalue weighted by atomic mass is 10.2. The van der Waals surface area contributed by atoms with E-state index in [9.17, 15) is 9.59 Å². The first kappa shape index (κ1) is 19.5. The van der Waals surface area contributed by atoms with Gasteiger partial charge in [0.25, 0.3) is 0 Å². The Kier molecular flexibility index (Phi) is 6.37. The first-order valence-corrected chi connectivity index (χ1v) is 9.33. The summed E-state index contributed by atoms with van der Waals surface area (Å²) in [7, 11) is 1.37. The van der Waals surface area contributed by atoms with Crippen molar-refractivity contribution >= 4 is 23.4 Å². The largest absolute Gasteiger partial charge is 0.492 e. The van der Waals surface area contributed by atoms with Crippen molar-refractivity contribution in [1.29, 1.82) is 0 Å². The van der Waals surface area contributed by atoms with E-state index >= 15 is 0 Å². The molecular formula is C21H25N3O4. The molecule has 0 spiro atoms. The normalized spacial score (nSPS) is 13.8. The molecule has 2 aromatic rings. The third-order valence-corrected chi connectivity index (χ3v) is 4.65. The summed E-state index contributed by atoms with van der Waals surface area (Å²) in [4.78, 5) is 28.1. The van der Waals surface area contributed by atoms with E-state index in [4.69, 9.17) is 9.47 Å². The summed E-state index contributed by atoms with van der Waals surface area (Å²) in [6.07, 6.45) is 0. The van der Waals surface area contributed by atoms with E-state index in [0.717, 1.165) is 18.8 Å². The van der Waals surface area contributed by atoms with Gasteiger partial charge in [-0.25, -0.2) is 9.59 Å². The van der Waals surface area contributed by atoms with E-state index in [-0.39, 0.29) is 12.0 Å². The Labute approximate surface area is 164 Å². The Morgan fingerprint density at radius 3 is 2.32 bits per heavy atom. The summed E-state index contributed by atoms with van der Waals surface area (Å²) >= 11 is 0. The van der Waals surface area contributed by atoms with Gasteiger partial charge in [-0.3, -0.25) is 0 Å². The zero-order valence-electron chi connectivity index (χ0n) is 16.2. The number of amides is 2. The van der Waals surface area contributed by atoms with Gasteiger partial charge in [0.1, 0.15) is 5.75 Å². The van der Waals surface area contributed by atoms with Crippen LogP contribution in [0.3, 0.4) is 0 Å². The Morgan fingerprint density at radius 1 is 1.00 bits per heavy atom. The maximum atomic E-state index is 12.6. The summed E-state index contributed by atoms with van der Waals surface area (Å²) in [5, 5.41) is 2.94. The molecule has 0 bridgehead atoms. The van der Waals surface area contributed by atoms with Crippen molar-refractivity contribution in [2.75, 3.05) is 50.1 Å². The van der Waals surface area contributed by atoms with Gasteiger partial charge in [-0.15, -0.1) is 0 Å². The Bertz CT molecular complexity index is 815. The first-order valence-electron chi connectivity index (χ1n) is 9.33. The molecule has 2 aromatic carbocycles. The van der Waals surface area contributed by atoms with E-state index in [1.165, 1.54) is 7.11 Å². The smallest absolute Gasteiger partial charge is 0.337 e. The standard InChI is InChI=1S/C21H25N3O4/c1-3-28-19-7-5-4-6-18(19)22-21(26)24-14-12-23(13-15-24)17-10-8-16(9-11-17)20(25)27-2/h4-11H,3,12-15H2,1-2H3,(H,22,26).